The van der Waals surface area contributed by atoms with Crippen molar-refractivity contribution in [3.63, 3.8) is 0 Å². The summed E-state index contributed by atoms with van der Waals surface area (Å²) in [5.41, 5.74) is 2.37. The molecule has 2 aromatic carbocycles. The summed E-state index contributed by atoms with van der Waals surface area (Å²) in [5.74, 6) is -0.105. The van der Waals surface area contributed by atoms with Crippen molar-refractivity contribution >= 4 is 34.4 Å². The summed E-state index contributed by atoms with van der Waals surface area (Å²) < 4.78 is 10.1. The molecule has 2 heterocycles. The van der Waals surface area contributed by atoms with Crippen LogP contribution in [0.4, 0.5) is 0 Å². The predicted octanol–water partition coefficient (Wildman–Crippen LogP) is 2.45. The van der Waals surface area contributed by atoms with E-state index < -0.39 is 29.9 Å². The first-order chi connectivity index (χ1) is 19.8. The Kier molecular flexibility index (Phi) is 10.4. The monoisotopic (exact) mass is 563 g/mol. The van der Waals surface area contributed by atoms with Crippen molar-refractivity contribution in [1.29, 1.82) is 0 Å². The Bertz CT molecular complexity index is 1340. The van der Waals surface area contributed by atoms with Gasteiger partial charge in [0.2, 0.25) is 11.8 Å². The van der Waals surface area contributed by atoms with Gasteiger partial charge in [0.15, 0.2) is 5.78 Å². The topological polar surface area (TPSA) is 155 Å². The highest BCUT2D eigenvalue weighted by Gasteiger charge is 2.38. The van der Waals surface area contributed by atoms with E-state index in [0.29, 0.717) is 24.5 Å². The maximum absolute atomic E-state index is 12.5. The van der Waals surface area contributed by atoms with Gasteiger partial charge in [0.25, 0.3) is 5.91 Å². The molecule has 2 atom stereocenters. The third-order valence-corrected chi connectivity index (χ3v) is 7.19. The van der Waals surface area contributed by atoms with Crippen molar-refractivity contribution in [2.45, 2.75) is 51.2 Å². The number of methoxy groups -OCH3 is 1. The molecule has 0 radical (unpaired) electrons. The number of hydrogen-bond donors (Lipinski definition) is 4. The number of nitrogens with zero attached hydrogens (tertiary/aromatic N) is 1. The quantitative estimate of drug-likeness (QED) is 0.261. The number of carbonyl (C=O) groups excluding carboxylic acids is 4. The number of amides is 3. The number of ether oxygens (including phenoxy) is 2. The zero-order valence-electron chi connectivity index (χ0n) is 23.4. The molecule has 0 spiro atoms. The van der Waals surface area contributed by atoms with E-state index in [1.807, 2.05) is 24.3 Å². The van der Waals surface area contributed by atoms with E-state index in [9.17, 15) is 19.2 Å². The molecule has 41 heavy (non-hydrogen) atoms. The van der Waals surface area contributed by atoms with Crippen LogP contribution in [0.3, 0.4) is 0 Å². The van der Waals surface area contributed by atoms with Gasteiger partial charge in [-0.25, -0.2) is 0 Å². The van der Waals surface area contributed by atoms with Crippen molar-refractivity contribution < 1.29 is 28.7 Å². The number of aryl methyl sites for hydroxylation is 1. The number of hydrogen-bond acceptors (Lipinski definition) is 7. The Hall–Kier alpha value is -4.25. The molecule has 2 fully saturated rings. The smallest absolute Gasteiger partial charge is 0.251 e. The average molecular weight is 564 g/mol. The molecule has 0 bridgehead atoms. The van der Waals surface area contributed by atoms with Crippen LogP contribution in [-0.2, 0) is 19.1 Å². The van der Waals surface area contributed by atoms with Crippen molar-refractivity contribution in [2.75, 3.05) is 26.8 Å². The van der Waals surface area contributed by atoms with Crippen LogP contribution in [0, 0.1) is 12.8 Å². The highest BCUT2D eigenvalue weighted by atomic mass is 16.6. The minimum atomic E-state index is -0.591. The number of H-pyrrole nitrogens is 1. The lowest BCUT2D eigenvalue weighted by Gasteiger charge is -2.20. The summed E-state index contributed by atoms with van der Waals surface area (Å²) in [6, 6.07) is 12.4. The molecule has 1 aromatic heterocycles. The van der Waals surface area contributed by atoms with Crippen LogP contribution in [-0.4, -0.2) is 72.7 Å². The molecule has 11 heteroatoms. The van der Waals surface area contributed by atoms with Crippen LogP contribution in [0.5, 0.6) is 5.75 Å². The van der Waals surface area contributed by atoms with Gasteiger partial charge in [-0.15, -0.1) is 0 Å². The Morgan fingerprint density at radius 2 is 1.73 bits per heavy atom. The summed E-state index contributed by atoms with van der Waals surface area (Å²) in [7, 11) is 1.67. The highest BCUT2D eigenvalue weighted by molar-refractivity contribution is 5.99. The lowest BCUT2D eigenvalue weighted by molar-refractivity contribution is -0.129. The summed E-state index contributed by atoms with van der Waals surface area (Å²) >= 11 is 0. The number of epoxide rings is 1. The molecule has 3 amide bonds. The molecular weight excluding hydrogens is 526 g/mol. The molecule has 1 saturated carbocycles. The van der Waals surface area contributed by atoms with Crippen LogP contribution in [0.1, 0.15) is 48.0 Å². The van der Waals surface area contributed by atoms with Crippen molar-refractivity contribution in [1.82, 2.24) is 26.1 Å². The first-order valence-corrected chi connectivity index (χ1v) is 13.9. The number of Topliss-reactive ketones (excluding diaryl/α,β-unsaturated/α-hetero) is 1. The van der Waals surface area contributed by atoms with Gasteiger partial charge in [0.1, 0.15) is 11.9 Å². The molecule has 1 saturated heterocycles. The van der Waals surface area contributed by atoms with E-state index in [1.54, 1.807) is 31.5 Å². The van der Waals surface area contributed by atoms with Crippen LogP contribution in [0.2, 0.25) is 0 Å². The number of nitrogens with one attached hydrogen (secondary N) is 4. The fourth-order valence-corrected chi connectivity index (χ4v) is 4.76. The van der Waals surface area contributed by atoms with Gasteiger partial charge < -0.3 is 25.4 Å². The summed E-state index contributed by atoms with van der Waals surface area (Å²) in [5, 5.41) is 15.3. The lowest BCUT2D eigenvalue weighted by atomic mass is 9.94. The predicted molar refractivity (Wildman–Crippen MR) is 152 cm³/mol. The minimum absolute atomic E-state index is 0.0990. The maximum atomic E-state index is 12.5. The normalized spacial score (nSPS) is 16.7. The second-order valence-corrected chi connectivity index (χ2v) is 10.4. The zero-order valence-corrected chi connectivity index (χ0v) is 23.4. The Morgan fingerprint density at radius 1 is 1.02 bits per heavy atom. The fourth-order valence-electron chi connectivity index (χ4n) is 4.76. The minimum Gasteiger partial charge on any atom is -0.497 e. The number of rotatable bonds is 11. The summed E-state index contributed by atoms with van der Waals surface area (Å²) in [6.07, 6.45) is 6.26. The lowest BCUT2D eigenvalue weighted by Crippen LogP contribution is -2.48. The highest BCUT2D eigenvalue weighted by Crippen LogP contribution is 2.29. The Balaban J connectivity index is 0.000000367. The molecule has 11 nitrogen and oxygen atoms in total. The van der Waals surface area contributed by atoms with E-state index >= 15 is 0 Å². The number of benzene rings is 2. The second-order valence-electron chi connectivity index (χ2n) is 10.4. The number of carbonyl (C=O) groups is 4. The van der Waals surface area contributed by atoms with Crippen LogP contribution in [0.15, 0.2) is 48.7 Å². The molecular formula is C30H37N5O6. The first-order valence-electron chi connectivity index (χ1n) is 13.9. The van der Waals surface area contributed by atoms with E-state index in [2.05, 4.69) is 33.1 Å². The van der Waals surface area contributed by atoms with E-state index in [-0.39, 0.29) is 18.9 Å². The molecule has 4 N–H and O–H groups in total. The molecule has 3 aromatic rings. The Morgan fingerprint density at radius 3 is 2.41 bits per heavy atom. The van der Waals surface area contributed by atoms with Gasteiger partial charge in [-0.1, -0.05) is 49.4 Å². The fraction of sp³-hybridized carbons (Fsp3) is 0.433. The van der Waals surface area contributed by atoms with E-state index in [0.717, 1.165) is 42.3 Å². The van der Waals surface area contributed by atoms with Gasteiger partial charge >= 0.3 is 0 Å². The van der Waals surface area contributed by atoms with Crippen LogP contribution in [0.25, 0.3) is 10.9 Å². The van der Waals surface area contributed by atoms with Crippen molar-refractivity contribution in [2.24, 2.45) is 5.92 Å². The van der Waals surface area contributed by atoms with Crippen LogP contribution < -0.4 is 20.7 Å². The SMILES string of the molecule is COc1ccc(C)cc1.O=C(CNC(=O)c1ccc2cn[nH]c2c1)NCC(=O)N[C@@H](CC1CCCC1)C(=O)[C@H]1CO1. The largest absolute Gasteiger partial charge is 0.497 e. The van der Waals surface area contributed by atoms with Gasteiger partial charge in [0.05, 0.1) is 44.6 Å². The van der Waals surface area contributed by atoms with E-state index in [1.165, 1.54) is 5.56 Å². The summed E-state index contributed by atoms with van der Waals surface area (Å²) in [6.45, 7) is 1.92. The first kappa shape index (κ1) is 29.7. The van der Waals surface area contributed by atoms with Crippen molar-refractivity contribution in [3.8, 4) is 5.75 Å². The van der Waals surface area contributed by atoms with Crippen molar-refractivity contribution in [3.05, 3.63) is 59.8 Å². The average Bonchev–Trinajstić information content (AvgIpc) is 3.50. The van der Waals surface area contributed by atoms with Gasteiger partial charge in [-0.2, -0.15) is 5.10 Å². The number of ketones is 1. The van der Waals surface area contributed by atoms with Crippen LogP contribution >= 0.6 is 0 Å². The number of fused-ring (bicyclic) bond motifs is 1. The standard InChI is InChI=1S/C22H27N5O5.C8H10O/c28-19(10-24-22(31)14-5-6-15-9-25-27-16(15)8-14)23-11-20(29)26-17(21(30)18-12-32-18)7-13-3-1-2-4-13;1-7-3-5-8(9-2)6-4-7/h5-6,8-9,13,17-18H,1-4,7,10-12H2,(H,23,28)(H,24,31)(H,25,27)(H,26,29);3-6H,1-2H3/t17-,18+;/m0./s1. The van der Waals surface area contributed by atoms with Gasteiger partial charge in [0, 0.05) is 10.9 Å². The summed E-state index contributed by atoms with van der Waals surface area (Å²) in [4.78, 5) is 49.1. The molecule has 5 rings (SSSR count). The van der Waals surface area contributed by atoms with E-state index in [4.69, 9.17) is 9.47 Å². The second kappa shape index (κ2) is 14.4. The molecule has 1 aliphatic heterocycles. The number of aromatic nitrogens is 2. The third-order valence-electron chi connectivity index (χ3n) is 7.19. The van der Waals surface area contributed by atoms with Gasteiger partial charge in [-0.05, 0) is 43.5 Å². The zero-order chi connectivity index (χ0) is 29.2. The molecule has 0 unspecified atom stereocenters. The van der Waals surface area contributed by atoms with Gasteiger partial charge in [-0.3, -0.25) is 24.3 Å². The number of aromatic amines is 1. The molecule has 2 aliphatic rings. The Labute approximate surface area is 238 Å². The third kappa shape index (κ3) is 9.14. The molecule has 218 valence electrons. The molecule has 1 aliphatic carbocycles. The maximum Gasteiger partial charge on any atom is 0.251 e.